The lowest BCUT2D eigenvalue weighted by atomic mass is 10.1. The van der Waals surface area contributed by atoms with Crippen molar-refractivity contribution in [3.05, 3.63) is 47.5 Å². The van der Waals surface area contributed by atoms with E-state index in [1.807, 2.05) is 0 Å². The van der Waals surface area contributed by atoms with E-state index < -0.39 is 5.82 Å². The van der Waals surface area contributed by atoms with Crippen molar-refractivity contribution >= 4 is 39.7 Å². The lowest BCUT2D eigenvalue weighted by molar-refractivity contribution is 0.167. The van der Waals surface area contributed by atoms with E-state index in [0.29, 0.717) is 47.6 Å². The van der Waals surface area contributed by atoms with Crippen molar-refractivity contribution in [2.45, 2.75) is 6.42 Å². The maximum atomic E-state index is 13.3. The summed E-state index contributed by atoms with van der Waals surface area (Å²) in [5.41, 5.74) is 7.96. The largest absolute Gasteiger partial charge is 0.491 e. The van der Waals surface area contributed by atoms with Crippen LogP contribution in [0.25, 0.3) is 10.9 Å². The molecule has 27 heavy (non-hydrogen) atoms. The molecule has 1 unspecified atom stereocenters. The monoisotopic (exact) mass is 388 g/mol. The minimum Gasteiger partial charge on any atom is -0.491 e. The maximum Gasteiger partial charge on any atom is 0.144 e. The predicted molar refractivity (Wildman–Crippen MR) is 103 cm³/mol. The van der Waals surface area contributed by atoms with Crippen molar-refractivity contribution < 1.29 is 13.9 Å². The number of ether oxygens (including phenoxy) is 2. The highest BCUT2D eigenvalue weighted by molar-refractivity contribution is 6.31. The normalized spacial score (nSPS) is 16.6. The van der Waals surface area contributed by atoms with Gasteiger partial charge in [-0.3, -0.25) is 0 Å². The Labute approximate surface area is 160 Å². The molecule has 1 aliphatic heterocycles. The third-order valence-electron chi connectivity index (χ3n) is 4.45. The molecular weight excluding hydrogens is 371 g/mol. The van der Waals surface area contributed by atoms with Crippen LogP contribution < -0.4 is 15.8 Å². The molecule has 8 heteroatoms. The Morgan fingerprint density at radius 3 is 2.96 bits per heavy atom. The Kier molecular flexibility index (Phi) is 4.96. The molecule has 0 amide bonds. The third-order valence-corrected chi connectivity index (χ3v) is 4.74. The van der Waals surface area contributed by atoms with Crippen molar-refractivity contribution in [3.63, 3.8) is 0 Å². The summed E-state index contributed by atoms with van der Waals surface area (Å²) in [7, 11) is 0. The average Bonchev–Trinajstić information content (AvgIpc) is 3.17. The number of nitrogens with two attached hydrogens (primary N) is 1. The lowest BCUT2D eigenvalue weighted by Gasteiger charge is -2.14. The highest BCUT2D eigenvalue weighted by atomic mass is 35.5. The van der Waals surface area contributed by atoms with Crippen molar-refractivity contribution in [1.29, 1.82) is 0 Å². The van der Waals surface area contributed by atoms with Crippen LogP contribution in [0.3, 0.4) is 0 Å². The number of nitrogens with one attached hydrogen (secondary N) is 1. The first-order chi connectivity index (χ1) is 13.1. The van der Waals surface area contributed by atoms with Gasteiger partial charge in [0.1, 0.15) is 23.7 Å². The SMILES string of the molecule is Nc1cc2c(Nc3ccc(F)c(Cl)c3)ncnc2cc1OCC1CCOC1. The molecule has 0 saturated carbocycles. The van der Waals surface area contributed by atoms with Crippen LogP contribution in [-0.2, 0) is 4.74 Å². The second kappa shape index (κ2) is 7.54. The molecule has 4 rings (SSSR count). The summed E-state index contributed by atoms with van der Waals surface area (Å²) in [6, 6.07) is 7.93. The third kappa shape index (κ3) is 3.89. The number of nitrogen functional groups attached to an aromatic ring is 1. The van der Waals surface area contributed by atoms with E-state index >= 15 is 0 Å². The van der Waals surface area contributed by atoms with Gasteiger partial charge in [0.25, 0.3) is 0 Å². The molecule has 0 aliphatic carbocycles. The Bertz CT molecular complexity index is 979. The van der Waals surface area contributed by atoms with Gasteiger partial charge in [0.15, 0.2) is 0 Å². The van der Waals surface area contributed by atoms with Gasteiger partial charge in [0.05, 0.1) is 29.4 Å². The molecule has 1 atom stereocenters. The first-order valence-electron chi connectivity index (χ1n) is 8.57. The van der Waals surface area contributed by atoms with Gasteiger partial charge in [0.2, 0.25) is 0 Å². The number of anilines is 3. The van der Waals surface area contributed by atoms with Gasteiger partial charge in [0, 0.05) is 29.7 Å². The number of halogens is 2. The molecule has 1 saturated heterocycles. The molecule has 1 aromatic heterocycles. The summed E-state index contributed by atoms with van der Waals surface area (Å²) < 4.78 is 24.6. The highest BCUT2D eigenvalue weighted by Gasteiger charge is 2.17. The quantitative estimate of drug-likeness (QED) is 0.638. The topological polar surface area (TPSA) is 82.3 Å². The number of hydrogen-bond acceptors (Lipinski definition) is 6. The van der Waals surface area contributed by atoms with Crippen LogP contribution in [0.2, 0.25) is 5.02 Å². The Morgan fingerprint density at radius 1 is 1.30 bits per heavy atom. The van der Waals surface area contributed by atoms with Crippen LogP contribution in [0.1, 0.15) is 6.42 Å². The van der Waals surface area contributed by atoms with Gasteiger partial charge in [-0.25, -0.2) is 14.4 Å². The number of fused-ring (bicyclic) bond motifs is 1. The minimum atomic E-state index is -0.478. The molecule has 0 spiro atoms. The molecule has 1 aliphatic rings. The smallest absolute Gasteiger partial charge is 0.144 e. The predicted octanol–water partition coefficient (Wildman–Crippen LogP) is 4.16. The fourth-order valence-corrected chi connectivity index (χ4v) is 3.14. The van der Waals surface area contributed by atoms with E-state index in [9.17, 15) is 4.39 Å². The number of benzene rings is 2. The van der Waals surface area contributed by atoms with E-state index in [1.165, 1.54) is 18.5 Å². The Morgan fingerprint density at radius 2 is 2.19 bits per heavy atom. The van der Waals surface area contributed by atoms with E-state index in [-0.39, 0.29) is 5.02 Å². The summed E-state index contributed by atoms with van der Waals surface area (Å²) >= 11 is 5.84. The first kappa shape index (κ1) is 17.8. The van der Waals surface area contributed by atoms with Crippen molar-refractivity contribution in [3.8, 4) is 5.75 Å². The van der Waals surface area contributed by atoms with Gasteiger partial charge in [-0.1, -0.05) is 11.6 Å². The molecule has 1 fully saturated rings. The molecule has 2 heterocycles. The summed E-state index contributed by atoms with van der Waals surface area (Å²) in [6.07, 6.45) is 2.44. The summed E-state index contributed by atoms with van der Waals surface area (Å²) in [5.74, 6) is 1.04. The fourth-order valence-electron chi connectivity index (χ4n) is 2.96. The van der Waals surface area contributed by atoms with Gasteiger partial charge in [-0.2, -0.15) is 0 Å². The standard InChI is InChI=1S/C19H18ClFN4O2/c20-14-5-12(1-2-15(14)21)25-19-13-6-16(22)18(7-17(13)23-10-24-19)27-9-11-3-4-26-8-11/h1-2,5-7,10-11H,3-4,8-9,22H2,(H,23,24,25). The Balaban J connectivity index is 1.60. The van der Waals surface area contributed by atoms with Crippen molar-refractivity contribution in [2.75, 3.05) is 30.9 Å². The van der Waals surface area contributed by atoms with Crippen LogP contribution in [0, 0.1) is 11.7 Å². The van der Waals surface area contributed by atoms with Crippen LogP contribution in [0.15, 0.2) is 36.7 Å². The van der Waals surface area contributed by atoms with Crippen LogP contribution in [-0.4, -0.2) is 29.8 Å². The molecule has 0 bridgehead atoms. The van der Waals surface area contributed by atoms with Gasteiger partial charge in [-0.05, 0) is 30.7 Å². The van der Waals surface area contributed by atoms with E-state index in [4.69, 9.17) is 26.8 Å². The van der Waals surface area contributed by atoms with Gasteiger partial charge < -0.3 is 20.5 Å². The van der Waals surface area contributed by atoms with E-state index in [0.717, 1.165) is 18.4 Å². The van der Waals surface area contributed by atoms with Crippen molar-refractivity contribution in [2.24, 2.45) is 5.92 Å². The summed E-state index contributed by atoms with van der Waals surface area (Å²) in [5, 5.41) is 3.88. The van der Waals surface area contributed by atoms with Crippen LogP contribution in [0.5, 0.6) is 5.75 Å². The molecule has 3 aromatic rings. The van der Waals surface area contributed by atoms with Gasteiger partial charge >= 0.3 is 0 Å². The molecule has 0 radical (unpaired) electrons. The zero-order valence-electron chi connectivity index (χ0n) is 14.4. The second-order valence-electron chi connectivity index (χ2n) is 6.42. The van der Waals surface area contributed by atoms with E-state index in [2.05, 4.69) is 15.3 Å². The Hall–Kier alpha value is -2.64. The molecule has 2 aromatic carbocycles. The van der Waals surface area contributed by atoms with E-state index in [1.54, 1.807) is 18.2 Å². The molecular formula is C19H18ClFN4O2. The van der Waals surface area contributed by atoms with Crippen LogP contribution in [0.4, 0.5) is 21.6 Å². The van der Waals surface area contributed by atoms with Crippen LogP contribution >= 0.6 is 11.6 Å². The number of nitrogens with zero attached hydrogens (tertiary/aromatic N) is 2. The minimum absolute atomic E-state index is 0.0319. The number of aromatic nitrogens is 2. The van der Waals surface area contributed by atoms with Crippen molar-refractivity contribution in [1.82, 2.24) is 9.97 Å². The average molecular weight is 389 g/mol. The summed E-state index contributed by atoms with van der Waals surface area (Å²) in [4.78, 5) is 8.56. The number of rotatable bonds is 5. The number of hydrogen-bond donors (Lipinski definition) is 2. The zero-order chi connectivity index (χ0) is 18.8. The zero-order valence-corrected chi connectivity index (χ0v) is 15.2. The van der Waals surface area contributed by atoms with Gasteiger partial charge in [-0.15, -0.1) is 0 Å². The second-order valence-corrected chi connectivity index (χ2v) is 6.83. The molecule has 6 nitrogen and oxygen atoms in total. The fraction of sp³-hybridized carbons (Fsp3) is 0.263. The molecule has 3 N–H and O–H groups in total. The summed E-state index contributed by atoms with van der Waals surface area (Å²) in [6.45, 7) is 2.04. The first-order valence-corrected chi connectivity index (χ1v) is 8.95. The maximum absolute atomic E-state index is 13.3. The molecule has 140 valence electrons. The lowest BCUT2D eigenvalue weighted by Crippen LogP contribution is -2.12. The highest BCUT2D eigenvalue weighted by Crippen LogP contribution is 2.32.